The number of carbonyl (C=O) groups excluding carboxylic acids is 4. The molecule has 4 atom stereocenters. The largest absolute Gasteiger partial charge is 0.378 e. The van der Waals surface area contributed by atoms with Crippen LogP contribution in [0, 0.1) is 11.3 Å². The number of thiazole rings is 1. The van der Waals surface area contributed by atoms with Crippen LogP contribution in [0.4, 0.5) is 4.79 Å². The lowest BCUT2D eigenvalue weighted by Crippen LogP contribution is -2.64. The highest BCUT2D eigenvalue weighted by Crippen LogP contribution is 2.42. The van der Waals surface area contributed by atoms with Crippen molar-refractivity contribution in [2.45, 2.75) is 104 Å². The fourth-order valence-electron chi connectivity index (χ4n) is 8.95. The topological polar surface area (TPSA) is 163 Å². The highest BCUT2D eigenvalue weighted by atomic mass is 32.1. The summed E-state index contributed by atoms with van der Waals surface area (Å²) in [6.07, 6.45) is 3.45. The molecule has 0 radical (unpaired) electrons. The van der Waals surface area contributed by atoms with Crippen LogP contribution in [0.5, 0.6) is 0 Å². The Morgan fingerprint density at radius 1 is 1.13 bits per heavy atom. The normalized spacial score (nSPS) is 20.8. The summed E-state index contributed by atoms with van der Waals surface area (Å²) in [7, 11) is 4.93. The van der Waals surface area contributed by atoms with Crippen LogP contribution in [0.2, 0.25) is 0 Å². The number of methoxy groups -OCH3 is 2. The Bertz CT molecular complexity index is 2260. The van der Waals surface area contributed by atoms with Crippen molar-refractivity contribution in [3.05, 3.63) is 58.2 Å². The van der Waals surface area contributed by atoms with Gasteiger partial charge in [-0.05, 0) is 74.3 Å². The first-order valence-corrected chi connectivity index (χ1v) is 22.3. The molecule has 16 heteroatoms. The van der Waals surface area contributed by atoms with E-state index in [1.165, 1.54) is 21.2 Å². The molecule has 61 heavy (non-hydrogen) atoms. The molecule has 7 rings (SSSR count). The van der Waals surface area contributed by atoms with Gasteiger partial charge in [-0.2, -0.15) is 0 Å². The second kappa shape index (κ2) is 18.2. The number of likely N-dealkylation sites (N-methyl/N-ethyl adjacent to an activating group) is 1. The number of hydrazine groups is 1. The molecule has 4 aromatic rings. The van der Waals surface area contributed by atoms with Crippen molar-refractivity contribution >= 4 is 46.0 Å². The average Bonchev–Trinajstić information content (AvgIpc) is 3.82. The lowest BCUT2D eigenvalue weighted by Gasteiger charge is -2.42. The fourth-order valence-corrected chi connectivity index (χ4v) is 9.80. The molecule has 1 aromatic carbocycles. The van der Waals surface area contributed by atoms with Gasteiger partial charge in [-0.3, -0.25) is 24.4 Å². The number of nitrogens with zero attached hydrogens (tertiary/aromatic N) is 6. The number of nitrogens with one attached hydrogen (secondary N) is 3. The van der Waals surface area contributed by atoms with E-state index in [0.717, 1.165) is 51.2 Å². The van der Waals surface area contributed by atoms with E-state index in [9.17, 15) is 19.2 Å². The van der Waals surface area contributed by atoms with E-state index in [2.05, 4.69) is 65.7 Å². The van der Waals surface area contributed by atoms with E-state index in [1.807, 2.05) is 32.2 Å². The van der Waals surface area contributed by atoms with Gasteiger partial charge in [-0.1, -0.05) is 33.8 Å². The third-order valence-electron chi connectivity index (χ3n) is 12.4. The van der Waals surface area contributed by atoms with Crippen molar-refractivity contribution in [1.82, 2.24) is 45.4 Å². The number of hydrogen-bond acceptors (Lipinski definition) is 10. The molecule has 3 aliphatic rings. The van der Waals surface area contributed by atoms with E-state index in [0.29, 0.717) is 50.4 Å². The Morgan fingerprint density at radius 2 is 1.90 bits per heavy atom. The molecule has 3 N–H and O–H groups in total. The lowest BCUT2D eigenvalue weighted by atomic mass is 9.83. The molecule has 6 heterocycles. The Morgan fingerprint density at radius 3 is 2.61 bits per heavy atom. The maximum Gasteiger partial charge on any atom is 0.320 e. The van der Waals surface area contributed by atoms with Gasteiger partial charge in [0, 0.05) is 80.9 Å². The number of benzene rings is 1. The second-order valence-corrected chi connectivity index (χ2v) is 18.7. The zero-order chi connectivity index (χ0) is 43.7. The Hall–Kier alpha value is -4.90. The Balaban J connectivity index is 1.29. The summed E-state index contributed by atoms with van der Waals surface area (Å²) in [5, 5.41) is 11.5. The SMILES string of the molecule is CCn1c(-c2cccnc2[C@H](C)OC)c2c3cc(ccc31)-c1csc(n1)C[C@H](NC(=O)C(C(C)C)N(C)C(=O)N1CC(OC)C1)C(=O)N1CCC[C@H](N1)C(=O)NCC(C)(C)C2. The first-order chi connectivity index (χ1) is 29.1. The van der Waals surface area contributed by atoms with Crippen LogP contribution in [0.1, 0.15) is 76.8 Å². The minimum atomic E-state index is -1.02. The van der Waals surface area contributed by atoms with Crippen LogP contribution in [0.25, 0.3) is 33.4 Å². The van der Waals surface area contributed by atoms with Crippen LogP contribution in [0.3, 0.4) is 0 Å². The van der Waals surface area contributed by atoms with Gasteiger partial charge in [0.15, 0.2) is 0 Å². The summed E-state index contributed by atoms with van der Waals surface area (Å²) in [6.45, 7) is 14.6. The molecule has 328 valence electrons. The quantitative estimate of drug-likeness (QED) is 0.206. The van der Waals surface area contributed by atoms with Crippen LogP contribution in [-0.4, -0.2) is 125 Å². The number of pyridine rings is 1. The molecule has 3 aromatic heterocycles. The summed E-state index contributed by atoms with van der Waals surface area (Å²) < 4.78 is 13.5. The first kappa shape index (κ1) is 44.2. The zero-order valence-corrected chi connectivity index (χ0v) is 37.7. The van der Waals surface area contributed by atoms with Gasteiger partial charge in [0.2, 0.25) is 11.8 Å². The minimum Gasteiger partial charge on any atom is -0.378 e. The van der Waals surface area contributed by atoms with E-state index in [-0.39, 0.29) is 47.8 Å². The lowest BCUT2D eigenvalue weighted by molar-refractivity contribution is -0.144. The average molecular weight is 856 g/mol. The second-order valence-electron chi connectivity index (χ2n) is 17.7. The van der Waals surface area contributed by atoms with Crippen molar-refractivity contribution in [1.29, 1.82) is 0 Å². The number of ether oxygens (including phenoxy) is 2. The number of aromatic nitrogens is 3. The Kier molecular flexibility index (Phi) is 13.2. The molecule has 5 amide bonds. The maximum atomic E-state index is 14.5. The standard InChI is InChI=1S/C45H61N9O6S/c1-10-53-36-16-15-28-19-31(36)32(40(53)30-13-11-17-46-38(30)27(4)59-8)21-45(5,6)25-47-41(55)33-14-12-18-54(50-33)43(57)34(20-37-48-35(28)24-61-37)49-42(56)39(26(2)3)51(7)44(58)52-22-29(23-52)60-9/h11,13,15-17,19,24,26-27,29,33-34,39,50H,10,12,14,18,20-23,25H2,1-9H3,(H,47,55)(H,49,56)/t27-,33-,34-,39?/m0/s1. The molecule has 0 spiro atoms. The number of aryl methyl sites for hydroxylation is 1. The summed E-state index contributed by atoms with van der Waals surface area (Å²) in [6, 6.07) is 7.71. The summed E-state index contributed by atoms with van der Waals surface area (Å²) in [5.74, 6) is -1.26. The predicted molar refractivity (Wildman–Crippen MR) is 236 cm³/mol. The smallest absolute Gasteiger partial charge is 0.320 e. The Labute approximate surface area is 362 Å². The van der Waals surface area contributed by atoms with Crippen LogP contribution in [0.15, 0.2) is 41.9 Å². The molecule has 0 saturated carbocycles. The molecular formula is C45H61N9O6S. The first-order valence-electron chi connectivity index (χ1n) is 21.4. The number of fused-ring (bicyclic) bond motifs is 6. The number of carbonyl (C=O) groups is 4. The van der Waals surface area contributed by atoms with Gasteiger partial charge in [0.05, 0.1) is 47.4 Å². The third-order valence-corrected chi connectivity index (χ3v) is 13.3. The van der Waals surface area contributed by atoms with Crippen molar-refractivity contribution in [3.8, 4) is 22.5 Å². The monoisotopic (exact) mass is 855 g/mol. The molecular weight excluding hydrogens is 795 g/mol. The van der Waals surface area contributed by atoms with Gasteiger partial charge in [0.1, 0.15) is 18.1 Å². The number of rotatable bonds is 9. The number of urea groups is 1. The van der Waals surface area contributed by atoms with Crippen LogP contribution >= 0.6 is 11.3 Å². The zero-order valence-electron chi connectivity index (χ0n) is 36.9. The van der Waals surface area contributed by atoms with Crippen molar-refractivity contribution in [3.63, 3.8) is 0 Å². The number of hydrogen-bond donors (Lipinski definition) is 3. The van der Waals surface area contributed by atoms with E-state index in [1.54, 1.807) is 32.4 Å². The van der Waals surface area contributed by atoms with Gasteiger partial charge in [0.25, 0.3) is 5.91 Å². The summed E-state index contributed by atoms with van der Waals surface area (Å²) in [4.78, 5) is 69.2. The third kappa shape index (κ3) is 9.04. The molecule has 3 aliphatic heterocycles. The summed E-state index contributed by atoms with van der Waals surface area (Å²) in [5.41, 5.74) is 9.68. The molecule has 6 bridgehead atoms. The van der Waals surface area contributed by atoms with Crippen LogP contribution < -0.4 is 16.1 Å². The number of amides is 5. The number of likely N-dealkylation sites (tertiary alicyclic amines) is 1. The fraction of sp³-hybridized carbons (Fsp3) is 0.556. The van der Waals surface area contributed by atoms with Crippen molar-refractivity contribution in [2.75, 3.05) is 47.4 Å². The predicted octanol–water partition coefficient (Wildman–Crippen LogP) is 5.18. The van der Waals surface area contributed by atoms with E-state index in [4.69, 9.17) is 19.4 Å². The maximum absolute atomic E-state index is 14.5. The highest BCUT2D eigenvalue weighted by molar-refractivity contribution is 7.10. The van der Waals surface area contributed by atoms with Gasteiger partial charge < -0.3 is 34.5 Å². The van der Waals surface area contributed by atoms with Crippen LogP contribution in [-0.2, 0) is 43.2 Å². The molecule has 15 nitrogen and oxygen atoms in total. The molecule has 2 fully saturated rings. The minimum absolute atomic E-state index is 0.0324. The van der Waals surface area contributed by atoms with Crippen molar-refractivity contribution < 1.29 is 28.7 Å². The van der Waals surface area contributed by atoms with Gasteiger partial charge in [-0.25, -0.2) is 15.2 Å². The van der Waals surface area contributed by atoms with Crippen molar-refractivity contribution in [2.24, 2.45) is 11.3 Å². The van der Waals surface area contributed by atoms with E-state index < -0.39 is 24.0 Å². The highest BCUT2D eigenvalue weighted by Gasteiger charge is 2.40. The molecule has 0 aliphatic carbocycles. The van der Waals surface area contributed by atoms with Gasteiger partial charge in [-0.15, -0.1) is 11.3 Å². The van der Waals surface area contributed by atoms with Gasteiger partial charge >= 0.3 is 6.03 Å². The molecule has 1 unspecified atom stereocenters. The molecule has 2 saturated heterocycles. The van der Waals surface area contributed by atoms with E-state index >= 15 is 0 Å². The summed E-state index contributed by atoms with van der Waals surface area (Å²) >= 11 is 1.43.